The van der Waals surface area contributed by atoms with Crippen molar-refractivity contribution in [3.63, 3.8) is 0 Å². The molecule has 0 aliphatic carbocycles. The van der Waals surface area contributed by atoms with Crippen LogP contribution < -0.4 is 5.73 Å². The van der Waals surface area contributed by atoms with E-state index in [4.69, 9.17) is 5.73 Å². The van der Waals surface area contributed by atoms with E-state index >= 15 is 0 Å². The predicted molar refractivity (Wildman–Crippen MR) is 82.0 cm³/mol. The van der Waals surface area contributed by atoms with E-state index in [1.165, 1.54) is 17.7 Å². The van der Waals surface area contributed by atoms with Gasteiger partial charge in [-0.25, -0.2) is 0 Å². The summed E-state index contributed by atoms with van der Waals surface area (Å²) >= 11 is 1.85. The maximum Gasteiger partial charge on any atom is 0.0410 e. The first-order valence-corrected chi connectivity index (χ1v) is 7.88. The molecule has 1 aromatic heterocycles. The van der Waals surface area contributed by atoms with Crippen LogP contribution in [0.2, 0.25) is 0 Å². The summed E-state index contributed by atoms with van der Waals surface area (Å²) in [5, 5.41) is 2.16. The van der Waals surface area contributed by atoms with Gasteiger partial charge in [-0.3, -0.25) is 4.90 Å². The topological polar surface area (TPSA) is 29.3 Å². The van der Waals surface area contributed by atoms with Crippen LogP contribution in [0, 0.1) is 5.92 Å². The third-order valence-electron chi connectivity index (χ3n) is 3.57. The van der Waals surface area contributed by atoms with Crippen molar-refractivity contribution in [1.82, 2.24) is 4.90 Å². The van der Waals surface area contributed by atoms with Crippen LogP contribution in [0.3, 0.4) is 0 Å². The minimum atomic E-state index is 0.347. The second-order valence-corrected chi connectivity index (χ2v) is 6.62. The largest absolute Gasteiger partial charge is 0.328 e. The van der Waals surface area contributed by atoms with Gasteiger partial charge in [-0.2, -0.15) is 0 Å². The van der Waals surface area contributed by atoms with E-state index in [2.05, 4.69) is 50.2 Å². The number of thiophene rings is 1. The average molecular weight is 268 g/mol. The van der Waals surface area contributed by atoms with E-state index < -0.39 is 0 Å². The van der Waals surface area contributed by atoms with Gasteiger partial charge in [0.15, 0.2) is 0 Å². The molecule has 18 heavy (non-hydrogen) atoms. The molecule has 3 heteroatoms. The van der Waals surface area contributed by atoms with Gasteiger partial charge in [0, 0.05) is 23.5 Å². The molecule has 0 saturated carbocycles. The van der Waals surface area contributed by atoms with Crippen LogP contribution in [0.25, 0.3) is 0 Å². The molecule has 2 nitrogen and oxygen atoms in total. The average Bonchev–Trinajstić information content (AvgIpc) is 2.80. The molecule has 0 aliphatic rings. The fourth-order valence-electron chi connectivity index (χ4n) is 2.28. The Bertz CT molecular complexity index is 308. The molecule has 0 spiro atoms. The zero-order chi connectivity index (χ0) is 13.5. The molecule has 0 bridgehead atoms. The van der Waals surface area contributed by atoms with Crippen molar-refractivity contribution in [1.29, 1.82) is 0 Å². The monoisotopic (exact) mass is 268 g/mol. The van der Waals surface area contributed by atoms with Crippen LogP contribution in [0.4, 0.5) is 0 Å². The van der Waals surface area contributed by atoms with Gasteiger partial charge in [0.2, 0.25) is 0 Å². The number of hydrogen-bond donors (Lipinski definition) is 1. The highest BCUT2D eigenvalue weighted by Crippen LogP contribution is 2.24. The zero-order valence-electron chi connectivity index (χ0n) is 12.2. The van der Waals surface area contributed by atoms with Crippen LogP contribution in [0.1, 0.15) is 51.0 Å². The zero-order valence-corrected chi connectivity index (χ0v) is 13.0. The third kappa shape index (κ3) is 5.51. The van der Waals surface area contributed by atoms with E-state index in [1.54, 1.807) is 0 Å². The first-order valence-electron chi connectivity index (χ1n) is 7.00. The highest BCUT2D eigenvalue weighted by atomic mass is 32.1. The molecule has 0 fully saturated rings. The van der Waals surface area contributed by atoms with Crippen molar-refractivity contribution < 1.29 is 0 Å². The Morgan fingerprint density at radius 2 is 2.00 bits per heavy atom. The predicted octanol–water partition coefficient (Wildman–Crippen LogP) is 3.89. The Balaban J connectivity index is 2.28. The summed E-state index contributed by atoms with van der Waals surface area (Å²) in [6.45, 7) is 7.90. The highest BCUT2D eigenvalue weighted by Gasteiger charge is 2.15. The summed E-state index contributed by atoms with van der Waals surface area (Å²) in [4.78, 5) is 3.92. The van der Waals surface area contributed by atoms with Crippen LogP contribution in [-0.2, 0) is 0 Å². The first kappa shape index (κ1) is 15.7. The quantitative estimate of drug-likeness (QED) is 0.775. The lowest BCUT2D eigenvalue weighted by atomic mass is 10.0. The maximum absolute atomic E-state index is 5.78. The van der Waals surface area contributed by atoms with E-state index in [1.807, 2.05) is 11.3 Å². The van der Waals surface area contributed by atoms with Gasteiger partial charge in [-0.05, 0) is 51.1 Å². The molecule has 0 amide bonds. The van der Waals surface area contributed by atoms with Crippen LogP contribution >= 0.6 is 11.3 Å². The fraction of sp³-hybridized carbons (Fsp3) is 0.733. The van der Waals surface area contributed by atoms with Crippen molar-refractivity contribution in [3.8, 4) is 0 Å². The van der Waals surface area contributed by atoms with Crippen molar-refractivity contribution >= 4 is 11.3 Å². The highest BCUT2D eigenvalue weighted by molar-refractivity contribution is 7.10. The van der Waals surface area contributed by atoms with E-state index in [0.717, 1.165) is 18.9 Å². The number of nitrogens with two attached hydrogens (primary N) is 1. The first-order chi connectivity index (χ1) is 8.50. The van der Waals surface area contributed by atoms with Gasteiger partial charge in [-0.15, -0.1) is 11.3 Å². The van der Waals surface area contributed by atoms with Gasteiger partial charge < -0.3 is 5.73 Å². The molecule has 1 heterocycles. The summed E-state index contributed by atoms with van der Waals surface area (Å²) in [5.74, 6) is 0.746. The van der Waals surface area contributed by atoms with Gasteiger partial charge in [0.25, 0.3) is 0 Å². The Labute approximate surface area is 116 Å². The van der Waals surface area contributed by atoms with Crippen molar-refractivity contribution in [3.05, 3.63) is 22.4 Å². The molecule has 0 radical (unpaired) electrons. The van der Waals surface area contributed by atoms with Crippen molar-refractivity contribution in [2.75, 3.05) is 13.6 Å². The van der Waals surface area contributed by atoms with Gasteiger partial charge in [0.1, 0.15) is 0 Å². The van der Waals surface area contributed by atoms with Crippen LogP contribution in [0.5, 0.6) is 0 Å². The van der Waals surface area contributed by atoms with Crippen LogP contribution in [-0.4, -0.2) is 24.5 Å². The standard InChI is InChI=1S/C15H28N2S/c1-12(7-5-8-13(2)16)11-17(4)14(3)15-9-6-10-18-15/h6,9-10,12-14H,5,7-8,11,16H2,1-4H3. The Hall–Kier alpha value is -0.380. The Kier molecular flexibility index (Phi) is 6.90. The minimum absolute atomic E-state index is 0.347. The fourth-order valence-corrected chi connectivity index (χ4v) is 3.12. The third-order valence-corrected chi connectivity index (χ3v) is 4.61. The van der Waals surface area contributed by atoms with E-state index in [-0.39, 0.29) is 0 Å². The lowest BCUT2D eigenvalue weighted by molar-refractivity contribution is 0.221. The molecule has 1 rings (SSSR count). The SMILES string of the molecule is CC(N)CCCC(C)CN(C)C(C)c1cccs1. The minimum Gasteiger partial charge on any atom is -0.328 e. The molecule has 3 atom stereocenters. The number of hydrogen-bond acceptors (Lipinski definition) is 3. The van der Waals surface area contributed by atoms with Crippen molar-refractivity contribution in [2.24, 2.45) is 11.7 Å². The summed E-state index contributed by atoms with van der Waals surface area (Å²) in [6.07, 6.45) is 3.68. The smallest absolute Gasteiger partial charge is 0.0410 e. The maximum atomic E-state index is 5.78. The molecular formula is C15H28N2S. The molecule has 1 aromatic rings. The summed E-state index contributed by atoms with van der Waals surface area (Å²) in [6, 6.07) is 5.24. The van der Waals surface area contributed by atoms with E-state index in [9.17, 15) is 0 Å². The second-order valence-electron chi connectivity index (χ2n) is 5.64. The van der Waals surface area contributed by atoms with Crippen LogP contribution in [0.15, 0.2) is 17.5 Å². The molecule has 0 saturated heterocycles. The summed E-state index contributed by atoms with van der Waals surface area (Å²) < 4.78 is 0. The molecule has 104 valence electrons. The van der Waals surface area contributed by atoms with Crippen molar-refractivity contribution in [2.45, 2.75) is 52.1 Å². The molecule has 2 N–H and O–H groups in total. The lowest BCUT2D eigenvalue weighted by Gasteiger charge is -2.27. The molecule has 0 aromatic carbocycles. The molecule has 3 unspecified atom stereocenters. The summed E-state index contributed by atoms with van der Waals surface area (Å²) in [5.41, 5.74) is 5.78. The number of rotatable bonds is 8. The Morgan fingerprint density at radius 1 is 1.28 bits per heavy atom. The summed E-state index contributed by atoms with van der Waals surface area (Å²) in [7, 11) is 2.23. The van der Waals surface area contributed by atoms with E-state index in [0.29, 0.717) is 12.1 Å². The van der Waals surface area contributed by atoms with Gasteiger partial charge >= 0.3 is 0 Å². The Morgan fingerprint density at radius 3 is 2.56 bits per heavy atom. The van der Waals surface area contributed by atoms with Gasteiger partial charge in [0.05, 0.1) is 0 Å². The molecule has 0 aliphatic heterocycles. The number of nitrogens with zero attached hydrogens (tertiary/aromatic N) is 1. The lowest BCUT2D eigenvalue weighted by Crippen LogP contribution is -2.27. The normalized spacial score (nSPS) is 16.8. The second kappa shape index (κ2) is 7.93. The van der Waals surface area contributed by atoms with Gasteiger partial charge in [-0.1, -0.05) is 19.4 Å². The molecular weight excluding hydrogens is 240 g/mol.